The van der Waals surface area contributed by atoms with Crippen molar-refractivity contribution in [2.45, 2.75) is 24.2 Å². The number of aromatic amines is 1. The quantitative estimate of drug-likeness (QED) is 0.726. The van der Waals surface area contributed by atoms with E-state index in [2.05, 4.69) is 10.5 Å². The van der Waals surface area contributed by atoms with E-state index in [4.69, 9.17) is 11.6 Å². The number of aryl methyl sites for hydroxylation is 1. The average molecular weight is 413 g/mol. The van der Waals surface area contributed by atoms with Crippen LogP contribution in [0.2, 0.25) is 5.02 Å². The molecule has 1 fully saturated rings. The van der Waals surface area contributed by atoms with Crippen molar-refractivity contribution in [3.8, 4) is 0 Å². The number of carbonyl (C=O) groups is 1. The number of hydrogen-bond donors (Lipinski definition) is 2. The monoisotopic (exact) mass is 412 g/mol. The SMILES string of the molecule is Cn1[nH]cc(C(=O)c2ccc(S(C)(=O)=O)c(NN3CCCCC3)c2Cl)c1=O. The highest BCUT2D eigenvalue weighted by atomic mass is 35.5. The van der Waals surface area contributed by atoms with Crippen molar-refractivity contribution in [3.63, 3.8) is 0 Å². The van der Waals surface area contributed by atoms with Crippen LogP contribution in [0.1, 0.15) is 35.2 Å². The Morgan fingerprint density at radius 1 is 1.19 bits per heavy atom. The van der Waals surface area contributed by atoms with Gasteiger partial charge in [0.05, 0.1) is 15.6 Å². The maximum absolute atomic E-state index is 12.8. The summed E-state index contributed by atoms with van der Waals surface area (Å²) in [6.45, 7) is 1.49. The maximum Gasteiger partial charge on any atom is 0.277 e. The molecule has 2 N–H and O–H groups in total. The van der Waals surface area contributed by atoms with E-state index in [-0.39, 0.29) is 26.7 Å². The van der Waals surface area contributed by atoms with Gasteiger partial charge < -0.3 is 10.5 Å². The summed E-state index contributed by atoms with van der Waals surface area (Å²) < 4.78 is 25.6. The normalized spacial score (nSPS) is 15.7. The van der Waals surface area contributed by atoms with E-state index in [0.29, 0.717) is 0 Å². The van der Waals surface area contributed by atoms with Crippen molar-refractivity contribution in [1.82, 2.24) is 14.8 Å². The molecule has 0 radical (unpaired) electrons. The maximum atomic E-state index is 12.8. The van der Waals surface area contributed by atoms with E-state index >= 15 is 0 Å². The molecule has 1 aliphatic heterocycles. The zero-order valence-electron chi connectivity index (χ0n) is 15.1. The molecule has 1 saturated heterocycles. The van der Waals surface area contributed by atoms with Gasteiger partial charge in [0.15, 0.2) is 9.84 Å². The second kappa shape index (κ2) is 7.49. The molecular weight excluding hydrogens is 392 g/mol. The molecule has 10 heteroatoms. The molecule has 1 aromatic heterocycles. The number of halogens is 1. The van der Waals surface area contributed by atoms with Crippen LogP contribution in [0.4, 0.5) is 5.69 Å². The molecule has 2 aromatic rings. The van der Waals surface area contributed by atoms with Gasteiger partial charge in [0.25, 0.3) is 5.56 Å². The number of nitrogens with zero attached hydrogens (tertiary/aromatic N) is 2. The number of aromatic nitrogens is 2. The van der Waals surface area contributed by atoms with Gasteiger partial charge in [-0.3, -0.25) is 14.3 Å². The Morgan fingerprint density at radius 3 is 2.41 bits per heavy atom. The first kappa shape index (κ1) is 19.7. The van der Waals surface area contributed by atoms with Gasteiger partial charge in [0.2, 0.25) is 5.78 Å². The highest BCUT2D eigenvalue weighted by Gasteiger charge is 2.25. The first-order valence-electron chi connectivity index (χ1n) is 8.53. The van der Waals surface area contributed by atoms with Crippen LogP contribution in [0.15, 0.2) is 28.0 Å². The van der Waals surface area contributed by atoms with Crippen molar-refractivity contribution in [2.24, 2.45) is 7.05 Å². The van der Waals surface area contributed by atoms with Crippen LogP contribution < -0.4 is 11.0 Å². The Balaban J connectivity index is 2.08. The minimum atomic E-state index is -3.57. The molecule has 0 aliphatic carbocycles. The molecule has 0 atom stereocenters. The molecule has 1 aliphatic rings. The fourth-order valence-electron chi connectivity index (χ4n) is 3.08. The topological polar surface area (TPSA) is 104 Å². The van der Waals surface area contributed by atoms with Crippen LogP contribution >= 0.6 is 11.6 Å². The van der Waals surface area contributed by atoms with E-state index < -0.39 is 21.2 Å². The summed E-state index contributed by atoms with van der Waals surface area (Å²) in [5, 5.41) is 4.52. The van der Waals surface area contributed by atoms with E-state index in [9.17, 15) is 18.0 Å². The summed E-state index contributed by atoms with van der Waals surface area (Å²) in [4.78, 5) is 24.9. The first-order chi connectivity index (χ1) is 12.7. The third-order valence-corrected chi connectivity index (χ3v) is 6.09. The van der Waals surface area contributed by atoms with Crippen molar-refractivity contribution < 1.29 is 13.2 Å². The Morgan fingerprint density at radius 2 is 1.85 bits per heavy atom. The lowest BCUT2D eigenvalue weighted by atomic mass is 10.1. The molecule has 27 heavy (non-hydrogen) atoms. The predicted molar refractivity (Wildman–Crippen MR) is 103 cm³/mol. The molecule has 2 heterocycles. The largest absolute Gasteiger partial charge is 0.316 e. The number of rotatable bonds is 5. The molecule has 0 unspecified atom stereocenters. The van der Waals surface area contributed by atoms with Crippen molar-refractivity contribution in [1.29, 1.82) is 0 Å². The smallest absolute Gasteiger partial charge is 0.277 e. The lowest BCUT2D eigenvalue weighted by molar-refractivity contribution is 0.103. The highest BCUT2D eigenvalue weighted by Crippen LogP contribution is 2.34. The number of carbonyl (C=O) groups excluding carboxylic acids is 1. The summed E-state index contributed by atoms with van der Waals surface area (Å²) in [6.07, 6.45) is 5.47. The molecule has 3 rings (SSSR count). The summed E-state index contributed by atoms with van der Waals surface area (Å²) >= 11 is 6.45. The first-order valence-corrected chi connectivity index (χ1v) is 10.8. The van der Waals surface area contributed by atoms with Gasteiger partial charge in [0, 0.05) is 38.2 Å². The zero-order valence-corrected chi connectivity index (χ0v) is 16.7. The molecule has 0 saturated carbocycles. The number of ketones is 1. The minimum absolute atomic E-state index is 0.0107. The van der Waals surface area contributed by atoms with Crippen LogP contribution in [0.3, 0.4) is 0 Å². The van der Waals surface area contributed by atoms with Crippen LogP contribution in [-0.2, 0) is 16.9 Å². The number of nitrogens with one attached hydrogen (secondary N) is 2. The molecule has 146 valence electrons. The van der Waals surface area contributed by atoms with Gasteiger partial charge in [-0.1, -0.05) is 18.0 Å². The lowest BCUT2D eigenvalue weighted by Crippen LogP contribution is -2.35. The number of piperidine rings is 1. The fraction of sp³-hybridized carbons (Fsp3) is 0.412. The van der Waals surface area contributed by atoms with E-state index in [1.165, 1.54) is 30.1 Å². The minimum Gasteiger partial charge on any atom is -0.316 e. The molecular formula is C17H21ClN4O4S. The van der Waals surface area contributed by atoms with Crippen molar-refractivity contribution in [3.05, 3.63) is 44.8 Å². The average Bonchev–Trinajstić information content (AvgIpc) is 2.95. The number of benzene rings is 1. The number of sulfone groups is 1. The van der Waals surface area contributed by atoms with Crippen LogP contribution in [0.25, 0.3) is 0 Å². The lowest BCUT2D eigenvalue weighted by Gasteiger charge is -2.29. The third-order valence-electron chi connectivity index (χ3n) is 4.56. The van der Waals surface area contributed by atoms with Crippen LogP contribution in [-0.4, -0.2) is 48.3 Å². The molecule has 0 amide bonds. The number of hydrazine groups is 1. The summed E-state index contributed by atoms with van der Waals surface area (Å²) in [6, 6.07) is 2.69. The standard InChI is InChI=1S/C17H21ClN4O4S/c1-21-17(24)12(10-19-21)16(23)11-6-7-13(27(2,25)26)15(14(11)18)20-22-8-4-3-5-9-22/h6-7,10,19-20H,3-5,8-9H2,1-2H3. The number of hydrogen-bond acceptors (Lipinski definition) is 6. The summed E-state index contributed by atoms with van der Waals surface area (Å²) in [7, 11) is -2.08. The van der Waals surface area contributed by atoms with Gasteiger partial charge in [-0.15, -0.1) is 0 Å². The Bertz CT molecular complexity index is 1040. The van der Waals surface area contributed by atoms with Gasteiger partial charge in [-0.25, -0.2) is 13.4 Å². The van der Waals surface area contributed by atoms with Crippen molar-refractivity contribution in [2.75, 3.05) is 24.8 Å². The number of anilines is 1. The molecule has 1 aromatic carbocycles. The molecule has 8 nitrogen and oxygen atoms in total. The van der Waals surface area contributed by atoms with Gasteiger partial charge in [-0.05, 0) is 25.0 Å². The summed E-state index contributed by atoms with van der Waals surface area (Å²) in [5.41, 5.74) is 2.77. The van der Waals surface area contributed by atoms with Crippen LogP contribution in [0.5, 0.6) is 0 Å². The van der Waals surface area contributed by atoms with E-state index in [1.54, 1.807) is 0 Å². The zero-order chi connectivity index (χ0) is 19.8. The predicted octanol–water partition coefficient (Wildman–Crippen LogP) is 1.81. The second-order valence-corrected chi connectivity index (χ2v) is 8.97. The molecule has 0 spiro atoms. The Kier molecular flexibility index (Phi) is 5.45. The van der Waals surface area contributed by atoms with Gasteiger partial charge in [0.1, 0.15) is 5.56 Å². The van der Waals surface area contributed by atoms with Crippen molar-refractivity contribution >= 4 is 32.9 Å². The second-order valence-electron chi connectivity index (χ2n) is 6.61. The Labute approximate surface area is 162 Å². The fourth-order valence-corrected chi connectivity index (χ4v) is 4.26. The molecule has 0 bridgehead atoms. The Hall–Kier alpha value is -2.10. The van der Waals surface area contributed by atoms with Gasteiger partial charge in [-0.2, -0.15) is 0 Å². The van der Waals surface area contributed by atoms with Crippen LogP contribution in [0, 0.1) is 0 Å². The van der Waals surface area contributed by atoms with E-state index in [1.807, 2.05) is 5.01 Å². The van der Waals surface area contributed by atoms with E-state index in [0.717, 1.165) is 38.6 Å². The highest BCUT2D eigenvalue weighted by molar-refractivity contribution is 7.90. The van der Waals surface area contributed by atoms with Gasteiger partial charge >= 0.3 is 0 Å². The summed E-state index contributed by atoms with van der Waals surface area (Å²) in [5.74, 6) is -0.566. The number of H-pyrrole nitrogens is 1. The third kappa shape index (κ3) is 3.95.